The van der Waals surface area contributed by atoms with Gasteiger partial charge in [-0.3, -0.25) is 13.9 Å². The molecule has 3 aromatic heterocycles. The largest absolute Gasteiger partial charge is 0.494 e. The second-order valence-corrected chi connectivity index (χ2v) is 16.8. The summed E-state index contributed by atoms with van der Waals surface area (Å²) in [5.41, 5.74) is 7.27. The first-order valence-electron chi connectivity index (χ1n) is 16.7. The van der Waals surface area contributed by atoms with Gasteiger partial charge < -0.3 is 25.2 Å². The quantitative estimate of drug-likeness (QED) is 0.189. The van der Waals surface area contributed by atoms with Crippen molar-refractivity contribution in [2.24, 2.45) is 7.05 Å². The molecule has 5 aromatic rings. The van der Waals surface area contributed by atoms with Crippen molar-refractivity contribution in [2.75, 3.05) is 86.6 Å². The normalized spacial score (nSPS) is 16.5. The molecule has 0 spiro atoms. The van der Waals surface area contributed by atoms with Crippen molar-refractivity contribution >= 4 is 82.0 Å². The predicted octanol–water partition coefficient (Wildman–Crippen LogP) is 5.36. The zero-order valence-electron chi connectivity index (χ0n) is 29.3. The Bertz CT molecular complexity index is 2140. The monoisotopic (exact) mass is 795 g/mol. The lowest BCUT2D eigenvalue weighted by Gasteiger charge is -2.43. The zero-order valence-corrected chi connectivity index (χ0v) is 32.5. The molecule has 0 unspecified atom stereocenters. The van der Waals surface area contributed by atoms with E-state index in [1.165, 1.54) is 28.9 Å². The number of nitrogens with zero attached hydrogens (tertiary/aromatic N) is 9. The number of halogens is 1. The highest BCUT2D eigenvalue weighted by molar-refractivity contribution is 9.10. The minimum atomic E-state index is -3.55. The Hall–Kier alpha value is -4.03. The van der Waals surface area contributed by atoms with Gasteiger partial charge in [-0.1, -0.05) is 0 Å². The number of thiazole rings is 1. The minimum absolute atomic E-state index is 0.328. The zero-order chi connectivity index (χ0) is 35.9. The fourth-order valence-corrected chi connectivity index (χ4v) is 8.24. The number of benzene rings is 2. The third-order valence-electron chi connectivity index (χ3n) is 9.72. The van der Waals surface area contributed by atoms with Crippen LogP contribution in [0.3, 0.4) is 0 Å². The molecule has 0 aliphatic carbocycles. The number of ether oxygens (including phenoxy) is 1. The van der Waals surface area contributed by atoms with Gasteiger partial charge >= 0.3 is 0 Å². The summed E-state index contributed by atoms with van der Waals surface area (Å²) in [6.07, 6.45) is 8.94. The van der Waals surface area contributed by atoms with Crippen LogP contribution in [0.5, 0.6) is 5.75 Å². The Labute approximate surface area is 310 Å². The number of sulfonamides is 1. The first-order valence-corrected chi connectivity index (χ1v) is 20.2. The van der Waals surface area contributed by atoms with Gasteiger partial charge in [-0.25, -0.2) is 18.4 Å². The van der Waals surface area contributed by atoms with Crippen molar-refractivity contribution in [3.05, 3.63) is 52.8 Å². The summed E-state index contributed by atoms with van der Waals surface area (Å²) in [6.45, 7) is 6.42. The van der Waals surface area contributed by atoms with Gasteiger partial charge in [0.25, 0.3) is 0 Å². The molecule has 0 amide bonds. The van der Waals surface area contributed by atoms with Crippen LogP contribution in [0.4, 0.5) is 34.5 Å². The van der Waals surface area contributed by atoms with Crippen molar-refractivity contribution in [1.29, 1.82) is 0 Å². The number of nitrogens with one attached hydrogen (secondary N) is 2. The molecule has 2 saturated heterocycles. The maximum atomic E-state index is 12.6. The molecule has 270 valence electrons. The molecule has 2 N–H and O–H groups in total. The van der Waals surface area contributed by atoms with E-state index in [1.54, 1.807) is 24.9 Å². The van der Waals surface area contributed by atoms with Gasteiger partial charge in [0, 0.05) is 94.7 Å². The van der Waals surface area contributed by atoms with Crippen LogP contribution < -0.4 is 24.6 Å². The fraction of sp³-hybridized carbons (Fsp3) is 0.412. The lowest BCUT2D eigenvalue weighted by Crippen LogP contribution is -2.52. The number of fused-ring (bicyclic) bond motifs is 1. The number of rotatable bonds is 10. The highest BCUT2D eigenvalue weighted by atomic mass is 79.9. The molecule has 2 aliphatic heterocycles. The molecule has 2 fully saturated rings. The van der Waals surface area contributed by atoms with Gasteiger partial charge in [-0.2, -0.15) is 10.1 Å². The molecule has 51 heavy (non-hydrogen) atoms. The second-order valence-electron chi connectivity index (χ2n) is 13.1. The summed E-state index contributed by atoms with van der Waals surface area (Å²) >= 11 is 5.04. The Morgan fingerprint density at radius 2 is 1.75 bits per heavy atom. The van der Waals surface area contributed by atoms with E-state index in [1.807, 2.05) is 30.2 Å². The number of aryl methyl sites for hydroxylation is 1. The molecular weight excluding hydrogens is 754 g/mol. The summed E-state index contributed by atoms with van der Waals surface area (Å²) in [5.74, 6) is 1.44. The van der Waals surface area contributed by atoms with Gasteiger partial charge in [0.1, 0.15) is 11.6 Å². The number of hydrogen-bond donors (Lipinski definition) is 2. The van der Waals surface area contributed by atoms with E-state index < -0.39 is 10.0 Å². The first-order chi connectivity index (χ1) is 24.5. The molecule has 0 bridgehead atoms. The summed E-state index contributed by atoms with van der Waals surface area (Å²) in [5, 5.41) is 11.2. The van der Waals surface area contributed by atoms with Crippen LogP contribution in [0.2, 0.25) is 0 Å². The molecule has 0 atom stereocenters. The fourth-order valence-electron chi connectivity index (χ4n) is 6.74. The van der Waals surface area contributed by atoms with E-state index in [9.17, 15) is 8.42 Å². The lowest BCUT2D eigenvalue weighted by atomic mass is 9.98. The number of methoxy groups -OCH3 is 1. The average molecular weight is 797 g/mol. The second kappa shape index (κ2) is 14.5. The SMILES string of the molecule is COc1cc(N2CCC(N3CCN(C)CC3)CC2)c(-c2cnn(C)c2)cc1Nc1ncc(Br)c(Nc2cc3scnc3cc2N(C)S(C)(=O)=O)n1. The van der Waals surface area contributed by atoms with Gasteiger partial charge in [0.15, 0.2) is 0 Å². The van der Waals surface area contributed by atoms with Crippen molar-refractivity contribution in [3.63, 3.8) is 0 Å². The van der Waals surface area contributed by atoms with Gasteiger partial charge in [0.05, 0.1) is 56.8 Å². The molecule has 5 heterocycles. The standard InChI is InChI=1S/C34H42BrN11O3S2/c1-42-10-12-45(13-11-42)23-6-8-46(9-7-23)29-17-31(49-4)27(14-24(29)22-18-38-43(2)20-22)40-34-36-19-25(35)33(41-34)39-26-16-32-28(37-21-50-32)15-30(26)44(3)51(5,47)48/h14-21,23H,6-13H2,1-5H3,(H2,36,39,40,41). The Kier molecular flexibility index (Phi) is 10.1. The molecule has 2 aliphatic rings. The van der Waals surface area contributed by atoms with E-state index >= 15 is 0 Å². The first kappa shape index (κ1) is 35.4. The number of hydrogen-bond acceptors (Lipinski definition) is 13. The summed E-state index contributed by atoms with van der Waals surface area (Å²) in [4.78, 5) is 21.3. The molecule has 14 nitrogen and oxygen atoms in total. The van der Waals surface area contributed by atoms with Crippen LogP contribution in [0.1, 0.15) is 12.8 Å². The van der Waals surface area contributed by atoms with Crippen molar-refractivity contribution in [1.82, 2.24) is 34.5 Å². The van der Waals surface area contributed by atoms with Crippen molar-refractivity contribution < 1.29 is 13.2 Å². The van der Waals surface area contributed by atoms with Crippen molar-refractivity contribution in [3.8, 4) is 16.9 Å². The lowest BCUT2D eigenvalue weighted by molar-refractivity contribution is 0.0982. The van der Waals surface area contributed by atoms with Crippen LogP contribution in [0, 0.1) is 0 Å². The molecular formula is C34H42BrN11O3S2. The Balaban J connectivity index is 1.18. The van der Waals surface area contributed by atoms with Crippen LogP contribution in [0.25, 0.3) is 21.3 Å². The topological polar surface area (TPSA) is 137 Å². The predicted molar refractivity (Wildman–Crippen MR) is 209 cm³/mol. The van der Waals surface area contributed by atoms with Crippen LogP contribution in [-0.2, 0) is 17.1 Å². The van der Waals surface area contributed by atoms with E-state index in [2.05, 4.69) is 75.5 Å². The molecule has 7 rings (SSSR count). The number of likely N-dealkylation sites (N-methyl/N-ethyl adjacent to an activating group) is 1. The summed E-state index contributed by atoms with van der Waals surface area (Å²) in [6, 6.07) is 8.40. The number of anilines is 6. The Morgan fingerprint density at radius 1 is 0.980 bits per heavy atom. The third kappa shape index (κ3) is 7.62. The number of piperidine rings is 1. The molecule has 0 saturated carbocycles. The van der Waals surface area contributed by atoms with Crippen molar-refractivity contribution in [2.45, 2.75) is 18.9 Å². The number of piperazine rings is 1. The van der Waals surface area contributed by atoms with Crippen LogP contribution in [0.15, 0.2) is 52.8 Å². The Morgan fingerprint density at radius 3 is 2.43 bits per heavy atom. The average Bonchev–Trinajstić information content (AvgIpc) is 3.77. The van der Waals surface area contributed by atoms with Crippen LogP contribution in [-0.4, -0.2) is 116 Å². The van der Waals surface area contributed by atoms with Gasteiger partial charge in [-0.05, 0) is 54.0 Å². The van der Waals surface area contributed by atoms with E-state index in [-0.39, 0.29) is 0 Å². The summed E-state index contributed by atoms with van der Waals surface area (Å²) < 4.78 is 35.6. The highest BCUT2D eigenvalue weighted by Crippen LogP contribution is 2.42. The third-order valence-corrected chi connectivity index (χ3v) is 12.3. The smallest absolute Gasteiger partial charge is 0.232 e. The molecule has 17 heteroatoms. The van der Waals surface area contributed by atoms with Crippen LogP contribution >= 0.6 is 27.3 Å². The maximum Gasteiger partial charge on any atom is 0.232 e. The van der Waals surface area contributed by atoms with E-state index in [0.29, 0.717) is 50.6 Å². The van der Waals surface area contributed by atoms with Gasteiger partial charge in [0.2, 0.25) is 16.0 Å². The maximum absolute atomic E-state index is 12.6. The summed E-state index contributed by atoms with van der Waals surface area (Å²) in [7, 11) is 3.75. The van der Waals surface area contributed by atoms with E-state index in [0.717, 1.165) is 73.6 Å². The minimum Gasteiger partial charge on any atom is -0.494 e. The molecule has 0 radical (unpaired) electrons. The highest BCUT2D eigenvalue weighted by Gasteiger charge is 2.29. The molecule has 2 aromatic carbocycles. The van der Waals surface area contributed by atoms with Gasteiger partial charge in [-0.15, -0.1) is 11.3 Å². The number of aromatic nitrogens is 5. The van der Waals surface area contributed by atoms with E-state index in [4.69, 9.17) is 9.72 Å².